The van der Waals surface area contributed by atoms with Crippen molar-refractivity contribution in [2.24, 2.45) is 0 Å². The molecule has 2 aromatic heterocycles. The van der Waals surface area contributed by atoms with Crippen LogP contribution in [0.1, 0.15) is 82.3 Å². The van der Waals surface area contributed by atoms with Gasteiger partial charge in [-0.3, -0.25) is 22.9 Å². The average molecular weight is 653 g/mol. The lowest BCUT2D eigenvalue weighted by atomic mass is 10.0. The smallest absolute Gasteiger partial charge is 0.393 e. The zero-order valence-electron chi connectivity index (χ0n) is 25.3. The lowest BCUT2D eigenvalue weighted by Crippen LogP contribution is -2.55. The molecule has 3 rings (SSSR count). The van der Waals surface area contributed by atoms with Crippen LogP contribution in [0.3, 0.4) is 0 Å². The molecule has 2 aromatic rings. The Morgan fingerprint density at radius 3 is 2.40 bits per heavy atom. The average Bonchev–Trinajstić information content (AvgIpc) is 3.49. The second-order valence-electron chi connectivity index (χ2n) is 11.8. The maximum Gasteiger partial charge on any atom is 0.477 e. The van der Waals surface area contributed by atoms with Crippen molar-refractivity contribution in [3.8, 4) is 0 Å². The number of phosphoric acid groups is 1. The van der Waals surface area contributed by atoms with Crippen LogP contribution in [0.2, 0.25) is 5.15 Å². The molecule has 0 radical (unpaired) electrons. The Hall–Kier alpha value is -1.68. The third-order valence-electron chi connectivity index (χ3n) is 6.01. The Morgan fingerprint density at radius 1 is 1.21 bits per heavy atom. The van der Waals surface area contributed by atoms with Crippen LogP contribution in [-0.4, -0.2) is 86.0 Å². The molecule has 3 N–H and O–H groups in total. The van der Waals surface area contributed by atoms with Crippen molar-refractivity contribution < 1.29 is 37.9 Å². The number of carbonyl (C=O) groups is 1. The summed E-state index contributed by atoms with van der Waals surface area (Å²) in [4.78, 5) is 19.8. The first kappa shape index (κ1) is 34.8. The number of carbonyl (C=O) groups excluding carboxylic acids is 1. The number of amides is 1. The summed E-state index contributed by atoms with van der Waals surface area (Å²) in [6.07, 6.45) is -0.547. The van der Waals surface area contributed by atoms with Gasteiger partial charge in [-0.1, -0.05) is 29.9 Å². The fourth-order valence-electron chi connectivity index (χ4n) is 4.27. The number of piperidine rings is 1. The highest BCUT2D eigenvalue weighted by atomic mass is 35.5. The summed E-state index contributed by atoms with van der Waals surface area (Å²) in [6, 6.07) is -0.372. The molecule has 0 aromatic carbocycles. The van der Waals surface area contributed by atoms with Gasteiger partial charge in [0, 0.05) is 20.2 Å². The number of nitrogens with zero attached hydrogens (tertiary/aromatic N) is 5. The van der Waals surface area contributed by atoms with E-state index in [1.54, 1.807) is 48.7 Å². The normalized spacial score (nSPS) is 19.3. The number of aliphatic hydroxyl groups is 2. The van der Waals surface area contributed by atoms with Crippen LogP contribution >= 0.6 is 30.8 Å². The molecule has 14 nitrogen and oxygen atoms in total. The molecule has 42 heavy (non-hydrogen) atoms. The van der Waals surface area contributed by atoms with E-state index in [0.717, 1.165) is 0 Å². The first-order valence-electron chi connectivity index (χ1n) is 13.6. The van der Waals surface area contributed by atoms with Crippen LogP contribution < -0.4 is 10.2 Å². The lowest BCUT2D eigenvalue weighted by molar-refractivity contribution is -0.00680. The molecule has 238 valence electrons. The van der Waals surface area contributed by atoms with Crippen LogP contribution in [0, 0.1) is 0 Å². The van der Waals surface area contributed by atoms with Crippen molar-refractivity contribution in [2.75, 3.05) is 31.7 Å². The Bertz CT molecular complexity index is 1240. The van der Waals surface area contributed by atoms with Crippen LogP contribution in [-0.2, 0) is 36.0 Å². The van der Waals surface area contributed by atoms with E-state index in [4.69, 9.17) is 29.9 Å². The van der Waals surface area contributed by atoms with E-state index in [1.807, 2.05) is 11.8 Å². The molecule has 17 heteroatoms. The minimum Gasteiger partial charge on any atom is -0.393 e. The van der Waals surface area contributed by atoms with E-state index >= 15 is 0 Å². The number of nitrogens with one attached hydrogen (secondary N) is 1. The number of rotatable bonds is 12. The molecule has 0 bridgehead atoms. The zero-order valence-corrected chi connectivity index (χ0v) is 27.8. The third kappa shape index (κ3) is 9.16. The van der Waals surface area contributed by atoms with Crippen molar-refractivity contribution >= 4 is 41.8 Å². The van der Waals surface area contributed by atoms with Crippen LogP contribution in [0.5, 0.6) is 0 Å². The summed E-state index contributed by atoms with van der Waals surface area (Å²) >= 11 is 7.59. The second kappa shape index (κ2) is 14.0. The number of aliphatic hydroxyl groups excluding tert-OH is 2. The largest absolute Gasteiger partial charge is 0.477 e. The molecule has 1 fully saturated rings. The van der Waals surface area contributed by atoms with Gasteiger partial charge in [-0.2, -0.15) is 0 Å². The molecule has 0 saturated carbocycles. The van der Waals surface area contributed by atoms with Gasteiger partial charge in [-0.05, 0) is 54.4 Å². The van der Waals surface area contributed by atoms with E-state index in [1.165, 1.54) is 15.9 Å². The second-order valence-corrected chi connectivity index (χ2v) is 14.6. The number of hydrogen-bond acceptors (Lipinski definition) is 13. The fourth-order valence-corrected chi connectivity index (χ4v) is 7.18. The topological polar surface area (TPSA) is 170 Å². The van der Waals surface area contributed by atoms with Gasteiger partial charge in [0.15, 0.2) is 5.15 Å². The molecule has 1 unspecified atom stereocenters. The number of hydrogen-bond donors (Lipinski definition) is 3. The first-order chi connectivity index (χ1) is 19.5. The van der Waals surface area contributed by atoms with Gasteiger partial charge in [0.25, 0.3) is 5.91 Å². The Morgan fingerprint density at radius 2 is 1.86 bits per heavy atom. The molecule has 1 aliphatic rings. The number of ether oxygens (including phenoxy) is 1. The summed E-state index contributed by atoms with van der Waals surface area (Å²) < 4.78 is 38.0. The predicted octanol–water partition coefficient (Wildman–Crippen LogP) is 3.71. The lowest BCUT2D eigenvalue weighted by Gasteiger charge is -2.37. The molecular formula is C25H42ClN6O8PS. The van der Waals surface area contributed by atoms with E-state index in [2.05, 4.69) is 20.5 Å². The summed E-state index contributed by atoms with van der Waals surface area (Å²) in [5, 5.41) is 31.1. The zero-order chi connectivity index (χ0) is 31.5. The summed E-state index contributed by atoms with van der Waals surface area (Å²) in [6.45, 7) is 12.4. The molecule has 0 aliphatic carbocycles. The van der Waals surface area contributed by atoms with Gasteiger partial charge in [-0.15, -0.1) is 10.2 Å². The SMILES string of the molecule is CCc1c(Cl)nc(C(=O)N[C@@H]2CCN(c3nnc(C(O)CO)s3)C[C@@H]2OC)n1COP(=O)(OC(C)(C)C)OC(C)(C)C. The van der Waals surface area contributed by atoms with Gasteiger partial charge in [-0.25, -0.2) is 9.55 Å². The number of halogens is 1. The van der Waals surface area contributed by atoms with E-state index in [0.29, 0.717) is 41.8 Å². The van der Waals surface area contributed by atoms with Crippen molar-refractivity contribution in [1.29, 1.82) is 0 Å². The Labute approximate surface area is 255 Å². The maximum absolute atomic E-state index is 13.6. The summed E-state index contributed by atoms with van der Waals surface area (Å²) in [5.74, 6) is -0.521. The first-order valence-corrected chi connectivity index (χ1v) is 16.3. The number of imidazole rings is 1. The molecule has 1 saturated heterocycles. The van der Waals surface area contributed by atoms with Crippen molar-refractivity contribution in [3.05, 3.63) is 21.7 Å². The molecule has 1 aliphatic heterocycles. The fraction of sp³-hybridized carbons (Fsp3) is 0.760. The van der Waals surface area contributed by atoms with Crippen molar-refractivity contribution in [2.45, 2.75) is 97.5 Å². The molecule has 3 atom stereocenters. The number of aromatic nitrogens is 4. The van der Waals surface area contributed by atoms with Crippen molar-refractivity contribution in [3.63, 3.8) is 0 Å². The number of phosphoric ester groups is 1. The van der Waals surface area contributed by atoms with Crippen LogP contribution in [0.25, 0.3) is 0 Å². The van der Waals surface area contributed by atoms with Gasteiger partial charge >= 0.3 is 7.82 Å². The molecule has 1 amide bonds. The number of anilines is 1. The monoisotopic (exact) mass is 652 g/mol. The minimum atomic E-state index is -4.08. The van der Waals surface area contributed by atoms with E-state index in [9.17, 15) is 19.6 Å². The molecular weight excluding hydrogens is 611 g/mol. The summed E-state index contributed by atoms with van der Waals surface area (Å²) in [5.41, 5.74) is -1.14. The molecule has 3 heterocycles. The highest BCUT2D eigenvalue weighted by molar-refractivity contribution is 7.48. The van der Waals surface area contributed by atoms with E-state index in [-0.39, 0.29) is 23.8 Å². The highest BCUT2D eigenvalue weighted by Crippen LogP contribution is 2.55. The third-order valence-corrected chi connectivity index (χ3v) is 9.38. The maximum atomic E-state index is 13.6. The van der Waals surface area contributed by atoms with Gasteiger partial charge < -0.3 is 25.2 Å². The van der Waals surface area contributed by atoms with Crippen LogP contribution in [0.15, 0.2) is 0 Å². The Kier molecular flexibility index (Phi) is 11.6. The van der Waals surface area contributed by atoms with E-state index < -0.39 is 43.7 Å². The summed E-state index contributed by atoms with van der Waals surface area (Å²) in [7, 11) is -2.53. The van der Waals surface area contributed by atoms with Crippen LogP contribution in [0.4, 0.5) is 5.13 Å². The quantitative estimate of drug-likeness (QED) is 0.284. The minimum absolute atomic E-state index is 0.0149. The Balaban J connectivity index is 1.77. The van der Waals surface area contributed by atoms with Gasteiger partial charge in [0.1, 0.15) is 17.8 Å². The number of methoxy groups -OCH3 is 1. The van der Waals surface area contributed by atoms with Crippen molar-refractivity contribution in [1.82, 2.24) is 25.1 Å². The predicted molar refractivity (Wildman–Crippen MR) is 158 cm³/mol. The standard InChI is InChI=1S/C25H42ClN6O8PS/c1-9-16-19(26)28-20(32(16)14-38-41(36,39-24(2,3)4)40-25(5,6)7)21(35)27-15-10-11-31(12-18(15)37-8)23-30-29-22(42-23)17(34)13-33/h15,17-18,33-34H,9-14H2,1-8H3,(H,27,35)/t15-,17?,18+/m1/s1. The highest BCUT2D eigenvalue weighted by Gasteiger charge is 2.38. The molecule has 0 spiro atoms. The van der Waals surface area contributed by atoms with Gasteiger partial charge in [0.05, 0.1) is 35.6 Å². The van der Waals surface area contributed by atoms with Gasteiger partial charge in [0.2, 0.25) is 11.0 Å².